The molecule has 3 rings (SSSR count). The van der Waals surface area contributed by atoms with E-state index in [2.05, 4.69) is 15.3 Å². The van der Waals surface area contributed by atoms with Gasteiger partial charge in [0.1, 0.15) is 11.4 Å². The van der Waals surface area contributed by atoms with Gasteiger partial charge in [-0.2, -0.15) is 0 Å². The molecule has 2 aromatic carbocycles. The van der Waals surface area contributed by atoms with E-state index in [-0.39, 0.29) is 0 Å². The number of aromatic nitrogens is 2. The fourth-order valence-corrected chi connectivity index (χ4v) is 3.20. The number of hydrogen-bond donors (Lipinski definition) is 1. The molecular weight excluding hydrogens is 326 g/mol. The van der Waals surface area contributed by atoms with Gasteiger partial charge in [0.15, 0.2) is 11.5 Å². The number of benzene rings is 2. The van der Waals surface area contributed by atoms with E-state index in [1.807, 2.05) is 36.4 Å². The monoisotopic (exact) mass is 341 g/mol. The summed E-state index contributed by atoms with van der Waals surface area (Å²) in [5, 5.41) is 4.31. The largest absolute Gasteiger partial charge is 0.493 e. The minimum atomic E-state index is 0.622. The SMILES string of the molecule is COc1cc2ncnc(Sc3cccc(NC=O)c3)c2cc1OC. The van der Waals surface area contributed by atoms with Crippen LogP contribution in [0.3, 0.4) is 0 Å². The van der Waals surface area contributed by atoms with Crippen LogP contribution in [0.25, 0.3) is 10.9 Å². The lowest BCUT2D eigenvalue weighted by Crippen LogP contribution is -1.94. The number of nitrogens with one attached hydrogen (secondary N) is 1. The molecule has 0 saturated carbocycles. The summed E-state index contributed by atoms with van der Waals surface area (Å²) in [5.74, 6) is 1.25. The van der Waals surface area contributed by atoms with Crippen LogP contribution in [0.1, 0.15) is 0 Å². The van der Waals surface area contributed by atoms with Gasteiger partial charge < -0.3 is 14.8 Å². The summed E-state index contributed by atoms with van der Waals surface area (Å²) in [5.41, 5.74) is 1.50. The van der Waals surface area contributed by atoms with E-state index in [4.69, 9.17) is 9.47 Å². The Bertz CT molecular complexity index is 886. The zero-order chi connectivity index (χ0) is 16.9. The van der Waals surface area contributed by atoms with Gasteiger partial charge >= 0.3 is 0 Å². The van der Waals surface area contributed by atoms with E-state index in [0.717, 1.165) is 26.5 Å². The number of hydrogen-bond acceptors (Lipinski definition) is 6. The molecule has 1 aromatic heterocycles. The summed E-state index contributed by atoms with van der Waals surface area (Å²) < 4.78 is 10.7. The summed E-state index contributed by atoms with van der Waals surface area (Å²) in [4.78, 5) is 20.2. The normalized spacial score (nSPS) is 10.4. The van der Waals surface area contributed by atoms with Gasteiger partial charge in [0.25, 0.3) is 0 Å². The standard InChI is InChI=1S/C17H15N3O3S/c1-22-15-7-13-14(8-16(15)23-2)18-9-19-17(13)24-12-5-3-4-11(6-12)20-10-21/h3-10H,1-2H3,(H,20,21). The van der Waals surface area contributed by atoms with Crippen LogP contribution in [0.5, 0.6) is 11.5 Å². The van der Waals surface area contributed by atoms with Gasteiger partial charge in [-0.15, -0.1) is 0 Å². The van der Waals surface area contributed by atoms with Gasteiger partial charge in [-0.1, -0.05) is 17.8 Å². The maximum Gasteiger partial charge on any atom is 0.211 e. The molecule has 7 heteroatoms. The smallest absolute Gasteiger partial charge is 0.211 e. The predicted octanol–water partition coefficient (Wildman–Crippen LogP) is 3.37. The van der Waals surface area contributed by atoms with Crippen LogP contribution in [0.15, 0.2) is 52.6 Å². The van der Waals surface area contributed by atoms with E-state index in [0.29, 0.717) is 17.9 Å². The number of fused-ring (bicyclic) bond motifs is 1. The second kappa shape index (κ2) is 7.18. The number of nitrogens with zero attached hydrogens (tertiary/aromatic N) is 2. The first kappa shape index (κ1) is 16.1. The number of anilines is 1. The van der Waals surface area contributed by atoms with Crippen molar-refractivity contribution in [1.82, 2.24) is 9.97 Å². The Hall–Kier alpha value is -2.80. The second-order valence-corrected chi connectivity index (χ2v) is 5.86. The molecule has 122 valence electrons. The Morgan fingerprint density at radius 1 is 1.08 bits per heavy atom. The first-order valence-corrected chi connectivity index (χ1v) is 7.91. The number of carbonyl (C=O) groups is 1. The average Bonchev–Trinajstić information content (AvgIpc) is 2.61. The highest BCUT2D eigenvalue weighted by molar-refractivity contribution is 7.99. The van der Waals surface area contributed by atoms with Crippen molar-refractivity contribution in [2.45, 2.75) is 9.92 Å². The Balaban J connectivity index is 2.03. The van der Waals surface area contributed by atoms with Crippen LogP contribution in [-0.2, 0) is 4.79 Å². The number of rotatable bonds is 6. The van der Waals surface area contributed by atoms with E-state index >= 15 is 0 Å². The van der Waals surface area contributed by atoms with Crippen molar-refractivity contribution < 1.29 is 14.3 Å². The fraction of sp³-hybridized carbons (Fsp3) is 0.118. The predicted molar refractivity (Wildman–Crippen MR) is 92.9 cm³/mol. The van der Waals surface area contributed by atoms with E-state index < -0.39 is 0 Å². The van der Waals surface area contributed by atoms with Gasteiger partial charge in [0.2, 0.25) is 6.41 Å². The van der Waals surface area contributed by atoms with Gasteiger partial charge in [0.05, 0.1) is 19.7 Å². The molecule has 0 aliphatic rings. The second-order valence-electron chi connectivity index (χ2n) is 4.80. The highest BCUT2D eigenvalue weighted by atomic mass is 32.2. The Morgan fingerprint density at radius 2 is 1.88 bits per heavy atom. The molecule has 0 radical (unpaired) electrons. The van der Waals surface area contributed by atoms with Gasteiger partial charge in [-0.05, 0) is 24.3 Å². The lowest BCUT2D eigenvalue weighted by molar-refractivity contribution is -0.105. The summed E-state index contributed by atoms with van der Waals surface area (Å²) in [6.07, 6.45) is 2.17. The minimum Gasteiger partial charge on any atom is -0.493 e. The molecule has 0 unspecified atom stereocenters. The summed E-state index contributed by atoms with van der Waals surface area (Å²) in [6.45, 7) is 0. The first-order valence-electron chi connectivity index (χ1n) is 7.10. The third kappa shape index (κ3) is 3.26. The summed E-state index contributed by atoms with van der Waals surface area (Å²) in [7, 11) is 3.18. The third-order valence-electron chi connectivity index (χ3n) is 3.38. The number of ether oxygens (including phenoxy) is 2. The van der Waals surface area contributed by atoms with Crippen LogP contribution in [0, 0.1) is 0 Å². The quantitative estimate of drug-likeness (QED) is 0.547. The van der Waals surface area contributed by atoms with Gasteiger partial charge in [-0.3, -0.25) is 4.79 Å². The van der Waals surface area contributed by atoms with Gasteiger partial charge in [0, 0.05) is 22.0 Å². The van der Waals surface area contributed by atoms with Crippen molar-refractivity contribution in [1.29, 1.82) is 0 Å². The maximum atomic E-state index is 10.6. The number of amides is 1. The van der Waals surface area contributed by atoms with E-state index in [1.54, 1.807) is 14.2 Å². The molecule has 3 aromatic rings. The number of methoxy groups -OCH3 is 2. The molecule has 0 bridgehead atoms. The van der Waals surface area contributed by atoms with Crippen LogP contribution < -0.4 is 14.8 Å². The summed E-state index contributed by atoms with van der Waals surface area (Å²) in [6, 6.07) is 11.2. The zero-order valence-corrected chi connectivity index (χ0v) is 14.0. The van der Waals surface area contributed by atoms with Crippen molar-refractivity contribution >= 4 is 34.8 Å². The van der Waals surface area contributed by atoms with Crippen molar-refractivity contribution in [3.8, 4) is 11.5 Å². The van der Waals surface area contributed by atoms with E-state index in [9.17, 15) is 4.79 Å². The molecular formula is C17H15N3O3S. The van der Waals surface area contributed by atoms with Crippen molar-refractivity contribution in [3.05, 3.63) is 42.7 Å². The third-order valence-corrected chi connectivity index (χ3v) is 4.39. The molecule has 24 heavy (non-hydrogen) atoms. The molecule has 1 amide bonds. The highest BCUT2D eigenvalue weighted by Gasteiger charge is 2.12. The fourth-order valence-electron chi connectivity index (χ4n) is 2.27. The Morgan fingerprint density at radius 3 is 2.62 bits per heavy atom. The van der Waals surface area contributed by atoms with Gasteiger partial charge in [-0.25, -0.2) is 9.97 Å². The van der Waals surface area contributed by atoms with Crippen molar-refractivity contribution in [3.63, 3.8) is 0 Å². The van der Waals surface area contributed by atoms with Crippen molar-refractivity contribution in [2.75, 3.05) is 19.5 Å². The molecule has 0 aliphatic carbocycles. The molecule has 1 N–H and O–H groups in total. The highest BCUT2D eigenvalue weighted by Crippen LogP contribution is 2.37. The molecule has 0 fully saturated rings. The Labute approximate surface area is 143 Å². The average molecular weight is 341 g/mol. The van der Waals surface area contributed by atoms with Crippen LogP contribution in [-0.4, -0.2) is 30.6 Å². The molecule has 1 heterocycles. The lowest BCUT2D eigenvalue weighted by atomic mass is 10.2. The van der Waals surface area contributed by atoms with E-state index in [1.165, 1.54) is 18.1 Å². The molecule has 0 atom stereocenters. The van der Waals surface area contributed by atoms with Crippen LogP contribution in [0.4, 0.5) is 5.69 Å². The molecule has 0 aliphatic heterocycles. The first-order chi connectivity index (χ1) is 11.7. The zero-order valence-electron chi connectivity index (χ0n) is 13.1. The molecule has 0 saturated heterocycles. The van der Waals surface area contributed by atoms with Crippen LogP contribution >= 0.6 is 11.8 Å². The maximum absolute atomic E-state index is 10.6. The molecule has 0 spiro atoms. The topological polar surface area (TPSA) is 73.3 Å². The Kier molecular flexibility index (Phi) is 4.81. The molecule has 6 nitrogen and oxygen atoms in total. The summed E-state index contributed by atoms with van der Waals surface area (Å²) >= 11 is 1.49. The lowest BCUT2D eigenvalue weighted by Gasteiger charge is -2.11. The van der Waals surface area contributed by atoms with Crippen LogP contribution in [0.2, 0.25) is 0 Å². The number of carbonyl (C=O) groups excluding carboxylic acids is 1. The minimum absolute atomic E-state index is 0.622. The van der Waals surface area contributed by atoms with Crippen molar-refractivity contribution in [2.24, 2.45) is 0 Å².